The molecular formula is C14H20N4. The number of rotatable bonds is 3. The van der Waals surface area contributed by atoms with Gasteiger partial charge in [0.2, 0.25) is 0 Å². The summed E-state index contributed by atoms with van der Waals surface area (Å²) in [7, 11) is 0. The van der Waals surface area contributed by atoms with Crippen LogP contribution in [0.15, 0.2) is 12.1 Å². The molecule has 1 heterocycles. The summed E-state index contributed by atoms with van der Waals surface area (Å²) in [5, 5.41) is 12.5. The number of nitrogens with zero attached hydrogens (tertiary/aromatic N) is 2. The van der Waals surface area contributed by atoms with Crippen molar-refractivity contribution >= 4 is 5.82 Å². The Morgan fingerprint density at radius 3 is 2.94 bits per heavy atom. The van der Waals surface area contributed by atoms with E-state index in [1.54, 1.807) is 0 Å². The van der Waals surface area contributed by atoms with Crippen LogP contribution in [-0.2, 0) is 0 Å². The Morgan fingerprint density at radius 2 is 2.22 bits per heavy atom. The topological polar surface area (TPSA) is 74.7 Å². The van der Waals surface area contributed by atoms with Gasteiger partial charge in [0.05, 0.1) is 5.56 Å². The van der Waals surface area contributed by atoms with Crippen molar-refractivity contribution < 1.29 is 0 Å². The highest BCUT2D eigenvalue weighted by atomic mass is 15.0. The van der Waals surface area contributed by atoms with Gasteiger partial charge in [-0.1, -0.05) is 12.8 Å². The second kappa shape index (κ2) is 5.83. The zero-order valence-electron chi connectivity index (χ0n) is 10.8. The molecule has 0 bridgehead atoms. The van der Waals surface area contributed by atoms with Crippen LogP contribution >= 0.6 is 0 Å². The van der Waals surface area contributed by atoms with E-state index in [1.165, 1.54) is 19.3 Å². The van der Waals surface area contributed by atoms with Gasteiger partial charge in [-0.05, 0) is 44.4 Å². The average molecular weight is 244 g/mol. The Morgan fingerprint density at radius 1 is 1.44 bits per heavy atom. The van der Waals surface area contributed by atoms with Crippen molar-refractivity contribution in [3.05, 3.63) is 23.4 Å². The number of nitrogens with one attached hydrogen (secondary N) is 1. The van der Waals surface area contributed by atoms with Crippen molar-refractivity contribution in [1.82, 2.24) is 4.98 Å². The Bertz CT molecular complexity index is 450. The Labute approximate surface area is 108 Å². The van der Waals surface area contributed by atoms with Crippen molar-refractivity contribution in [1.29, 1.82) is 5.26 Å². The average Bonchev–Trinajstić information content (AvgIpc) is 2.40. The zero-order chi connectivity index (χ0) is 13.0. The summed E-state index contributed by atoms with van der Waals surface area (Å²) in [6.45, 7) is 2.64. The fourth-order valence-corrected chi connectivity index (χ4v) is 2.61. The lowest BCUT2D eigenvalue weighted by atomic mass is 9.84. The molecule has 2 atom stereocenters. The van der Waals surface area contributed by atoms with Gasteiger partial charge in [-0.2, -0.15) is 5.26 Å². The van der Waals surface area contributed by atoms with Gasteiger partial charge in [-0.3, -0.25) is 0 Å². The number of aryl methyl sites for hydroxylation is 1. The molecule has 0 amide bonds. The molecule has 4 heteroatoms. The van der Waals surface area contributed by atoms with E-state index >= 15 is 0 Å². The third kappa shape index (κ3) is 2.80. The van der Waals surface area contributed by atoms with Crippen molar-refractivity contribution in [3.8, 4) is 6.07 Å². The first-order chi connectivity index (χ1) is 8.74. The predicted molar refractivity (Wildman–Crippen MR) is 72.1 cm³/mol. The number of hydrogen-bond acceptors (Lipinski definition) is 4. The van der Waals surface area contributed by atoms with E-state index in [4.69, 9.17) is 11.0 Å². The first kappa shape index (κ1) is 12.8. The summed E-state index contributed by atoms with van der Waals surface area (Å²) < 4.78 is 0. The molecule has 2 rings (SSSR count). The first-order valence-corrected chi connectivity index (χ1v) is 6.59. The van der Waals surface area contributed by atoms with E-state index in [1.807, 2.05) is 19.1 Å². The predicted octanol–water partition coefficient (Wildman–Crippen LogP) is 2.19. The van der Waals surface area contributed by atoms with Crippen LogP contribution in [0.2, 0.25) is 0 Å². The largest absolute Gasteiger partial charge is 0.366 e. The van der Waals surface area contributed by atoms with Crippen molar-refractivity contribution in [3.63, 3.8) is 0 Å². The van der Waals surface area contributed by atoms with Crippen LogP contribution < -0.4 is 11.1 Å². The molecule has 1 aromatic rings. The summed E-state index contributed by atoms with van der Waals surface area (Å²) in [6.07, 6.45) is 4.76. The van der Waals surface area contributed by atoms with Crippen LogP contribution in [0.4, 0.5) is 5.82 Å². The molecule has 0 aromatic carbocycles. The smallest absolute Gasteiger partial charge is 0.144 e. The fraction of sp³-hybridized carbons (Fsp3) is 0.571. The summed E-state index contributed by atoms with van der Waals surface area (Å²) >= 11 is 0. The molecule has 1 aromatic heterocycles. The number of anilines is 1. The molecule has 0 aliphatic heterocycles. The molecule has 0 spiro atoms. The molecule has 4 nitrogen and oxygen atoms in total. The van der Waals surface area contributed by atoms with Gasteiger partial charge in [0, 0.05) is 11.7 Å². The number of pyridine rings is 1. The Balaban J connectivity index is 2.17. The van der Waals surface area contributed by atoms with Crippen LogP contribution in [0, 0.1) is 24.2 Å². The maximum Gasteiger partial charge on any atom is 0.144 e. The first-order valence-electron chi connectivity index (χ1n) is 6.59. The van der Waals surface area contributed by atoms with Crippen LogP contribution in [0.1, 0.15) is 36.9 Å². The number of nitrogens with two attached hydrogens (primary N) is 1. The lowest BCUT2D eigenvalue weighted by molar-refractivity contribution is 0.332. The normalized spacial score (nSPS) is 23.4. The van der Waals surface area contributed by atoms with Gasteiger partial charge in [-0.25, -0.2) is 4.98 Å². The second-order valence-electron chi connectivity index (χ2n) is 4.99. The lowest BCUT2D eigenvalue weighted by Gasteiger charge is -2.31. The number of aromatic nitrogens is 1. The molecular weight excluding hydrogens is 224 g/mol. The highest BCUT2D eigenvalue weighted by molar-refractivity contribution is 5.52. The number of hydrogen-bond donors (Lipinski definition) is 2. The van der Waals surface area contributed by atoms with Crippen molar-refractivity contribution in [2.24, 2.45) is 11.7 Å². The van der Waals surface area contributed by atoms with Gasteiger partial charge in [0.15, 0.2) is 0 Å². The van der Waals surface area contributed by atoms with E-state index in [0.717, 1.165) is 12.1 Å². The fourth-order valence-electron chi connectivity index (χ4n) is 2.61. The second-order valence-corrected chi connectivity index (χ2v) is 4.99. The van der Waals surface area contributed by atoms with Crippen LogP contribution in [0.5, 0.6) is 0 Å². The molecule has 1 saturated carbocycles. The van der Waals surface area contributed by atoms with Gasteiger partial charge in [-0.15, -0.1) is 0 Å². The third-order valence-corrected chi connectivity index (χ3v) is 3.69. The molecule has 18 heavy (non-hydrogen) atoms. The monoisotopic (exact) mass is 244 g/mol. The highest BCUT2D eigenvalue weighted by Crippen LogP contribution is 2.27. The van der Waals surface area contributed by atoms with Crippen LogP contribution in [0.3, 0.4) is 0 Å². The molecule has 0 saturated heterocycles. The molecule has 96 valence electrons. The van der Waals surface area contributed by atoms with E-state index < -0.39 is 0 Å². The summed E-state index contributed by atoms with van der Waals surface area (Å²) in [5.41, 5.74) is 7.36. The molecule has 1 aliphatic rings. The Kier molecular flexibility index (Phi) is 4.16. The maximum absolute atomic E-state index is 9.11. The van der Waals surface area contributed by atoms with Gasteiger partial charge in [0.25, 0.3) is 0 Å². The molecule has 0 radical (unpaired) electrons. The van der Waals surface area contributed by atoms with Gasteiger partial charge in [0.1, 0.15) is 11.9 Å². The molecule has 1 aliphatic carbocycles. The maximum atomic E-state index is 9.11. The third-order valence-electron chi connectivity index (χ3n) is 3.69. The lowest BCUT2D eigenvalue weighted by Crippen LogP contribution is -2.37. The van der Waals surface area contributed by atoms with E-state index in [0.29, 0.717) is 29.9 Å². The zero-order valence-corrected chi connectivity index (χ0v) is 10.8. The Hall–Kier alpha value is -1.60. The summed E-state index contributed by atoms with van der Waals surface area (Å²) in [5.74, 6) is 1.20. The van der Waals surface area contributed by atoms with Crippen molar-refractivity contribution in [2.75, 3.05) is 11.9 Å². The van der Waals surface area contributed by atoms with Crippen LogP contribution in [-0.4, -0.2) is 17.6 Å². The minimum Gasteiger partial charge on any atom is -0.366 e. The van der Waals surface area contributed by atoms with E-state index in [9.17, 15) is 0 Å². The highest BCUT2D eigenvalue weighted by Gasteiger charge is 2.24. The number of nitriles is 1. The van der Waals surface area contributed by atoms with Gasteiger partial charge >= 0.3 is 0 Å². The molecule has 3 N–H and O–H groups in total. The molecule has 2 unspecified atom stereocenters. The van der Waals surface area contributed by atoms with E-state index in [-0.39, 0.29) is 0 Å². The minimum absolute atomic E-state index is 0.352. The molecule has 1 fully saturated rings. The SMILES string of the molecule is Cc1ccc(C#N)c(NC2CCCCC2CN)n1. The van der Waals surface area contributed by atoms with Gasteiger partial charge < -0.3 is 11.1 Å². The van der Waals surface area contributed by atoms with Crippen molar-refractivity contribution in [2.45, 2.75) is 38.6 Å². The minimum atomic E-state index is 0.352. The summed E-state index contributed by atoms with van der Waals surface area (Å²) in [6, 6.07) is 6.23. The summed E-state index contributed by atoms with van der Waals surface area (Å²) in [4.78, 5) is 4.43. The van der Waals surface area contributed by atoms with E-state index in [2.05, 4.69) is 16.4 Å². The van der Waals surface area contributed by atoms with Crippen LogP contribution in [0.25, 0.3) is 0 Å². The standard InChI is InChI=1S/C14H20N4/c1-10-6-7-12(9-16)14(17-10)18-13-5-3-2-4-11(13)8-15/h6-7,11,13H,2-5,8,15H2,1H3,(H,17,18). The quantitative estimate of drug-likeness (QED) is 0.854.